The van der Waals surface area contributed by atoms with Gasteiger partial charge >= 0.3 is 0 Å². The minimum atomic E-state index is 0.696. The van der Waals surface area contributed by atoms with E-state index in [1.54, 1.807) is 0 Å². The molecule has 0 aromatic carbocycles. The summed E-state index contributed by atoms with van der Waals surface area (Å²) >= 11 is 0. The average Bonchev–Trinajstić information content (AvgIpc) is 2.44. The zero-order chi connectivity index (χ0) is 15.2. The molecule has 2 N–H and O–H groups in total. The van der Waals surface area contributed by atoms with Crippen molar-refractivity contribution >= 4 is 0 Å². The zero-order valence-electron chi connectivity index (χ0n) is 14.0. The quantitative estimate of drug-likeness (QED) is 0.413. The van der Waals surface area contributed by atoms with Gasteiger partial charge in [0.05, 0.1) is 0 Å². The Labute approximate surface area is 126 Å². The van der Waals surface area contributed by atoms with Crippen molar-refractivity contribution in [3.05, 3.63) is 36.0 Å². The van der Waals surface area contributed by atoms with Crippen LogP contribution in [0.1, 0.15) is 53.4 Å². The lowest BCUT2D eigenvalue weighted by Gasteiger charge is -2.15. The smallest absolute Gasteiger partial charge is 0.0205 e. The fraction of sp³-hybridized carbons (Fsp3) is 0.667. The molecule has 0 aromatic rings. The van der Waals surface area contributed by atoms with E-state index in [-0.39, 0.29) is 0 Å². The van der Waals surface area contributed by atoms with Crippen molar-refractivity contribution < 1.29 is 0 Å². The third kappa shape index (κ3) is 11.0. The molecule has 0 heterocycles. The van der Waals surface area contributed by atoms with Crippen LogP contribution in [0.4, 0.5) is 0 Å². The van der Waals surface area contributed by atoms with Gasteiger partial charge in [-0.25, -0.2) is 0 Å². The molecule has 0 aliphatic heterocycles. The van der Waals surface area contributed by atoms with Gasteiger partial charge in [-0.2, -0.15) is 0 Å². The Balaban J connectivity index is 3.72. The lowest BCUT2D eigenvalue weighted by atomic mass is 10.1. The van der Waals surface area contributed by atoms with Gasteiger partial charge in [-0.05, 0) is 51.8 Å². The molecule has 116 valence electrons. The molecule has 0 saturated carbocycles. The lowest BCUT2D eigenvalue weighted by molar-refractivity contribution is 0.455. The van der Waals surface area contributed by atoms with Crippen LogP contribution in [0, 0.1) is 0 Å². The fourth-order valence-corrected chi connectivity index (χ4v) is 2.02. The monoisotopic (exact) mass is 278 g/mol. The molecule has 0 rings (SSSR count). The molecule has 0 aliphatic rings. The van der Waals surface area contributed by atoms with E-state index in [2.05, 4.69) is 57.1 Å². The van der Waals surface area contributed by atoms with Crippen LogP contribution in [-0.4, -0.2) is 25.7 Å². The Hall–Kier alpha value is -0.860. The van der Waals surface area contributed by atoms with Gasteiger partial charge in [-0.15, -0.1) is 0 Å². The standard InChI is InChI=1S/C18H34N2/c1-6-10-18(8-3)20-14-9-13-19-15-17(7-2)12-11-16(4)5/h7,11-12,18-20H,2,6,8-10,13-15H2,1,3-5H3/b17-12+. The van der Waals surface area contributed by atoms with Crippen LogP contribution in [0.15, 0.2) is 36.0 Å². The maximum Gasteiger partial charge on any atom is 0.0205 e. The van der Waals surface area contributed by atoms with Crippen molar-refractivity contribution in [1.29, 1.82) is 0 Å². The molecule has 1 unspecified atom stereocenters. The van der Waals surface area contributed by atoms with E-state index in [1.165, 1.54) is 36.8 Å². The van der Waals surface area contributed by atoms with Gasteiger partial charge in [0.2, 0.25) is 0 Å². The predicted molar refractivity (Wildman–Crippen MR) is 92.2 cm³/mol. The van der Waals surface area contributed by atoms with Gasteiger partial charge in [-0.3, -0.25) is 0 Å². The first kappa shape index (κ1) is 19.1. The Bertz CT molecular complexity index is 299. The highest BCUT2D eigenvalue weighted by atomic mass is 14.9. The van der Waals surface area contributed by atoms with Crippen LogP contribution in [-0.2, 0) is 0 Å². The minimum Gasteiger partial charge on any atom is -0.314 e. The maximum absolute atomic E-state index is 3.86. The lowest BCUT2D eigenvalue weighted by Crippen LogP contribution is -2.31. The maximum atomic E-state index is 3.86. The molecule has 0 aliphatic carbocycles. The molecular weight excluding hydrogens is 244 g/mol. The predicted octanol–water partition coefficient (Wildman–Crippen LogP) is 4.21. The van der Waals surface area contributed by atoms with E-state index < -0.39 is 0 Å². The number of nitrogens with one attached hydrogen (secondary N) is 2. The van der Waals surface area contributed by atoms with E-state index in [4.69, 9.17) is 0 Å². The van der Waals surface area contributed by atoms with Crippen molar-refractivity contribution in [2.75, 3.05) is 19.6 Å². The molecule has 0 amide bonds. The number of allylic oxidation sites excluding steroid dienone is 3. The number of hydrogen-bond acceptors (Lipinski definition) is 2. The van der Waals surface area contributed by atoms with Gasteiger partial charge in [0.15, 0.2) is 0 Å². The van der Waals surface area contributed by atoms with Crippen molar-refractivity contribution in [3.63, 3.8) is 0 Å². The first-order valence-electron chi connectivity index (χ1n) is 8.04. The van der Waals surface area contributed by atoms with Crippen LogP contribution in [0.5, 0.6) is 0 Å². The molecule has 2 nitrogen and oxygen atoms in total. The molecule has 0 radical (unpaired) electrons. The second-order valence-electron chi connectivity index (χ2n) is 5.57. The van der Waals surface area contributed by atoms with Crippen molar-refractivity contribution in [2.24, 2.45) is 0 Å². The second kappa shape index (κ2) is 13.1. The summed E-state index contributed by atoms with van der Waals surface area (Å²) < 4.78 is 0. The highest BCUT2D eigenvalue weighted by molar-refractivity contribution is 5.24. The first-order chi connectivity index (χ1) is 9.63. The van der Waals surface area contributed by atoms with Crippen LogP contribution < -0.4 is 10.6 Å². The third-order valence-electron chi connectivity index (χ3n) is 3.32. The fourth-order valence-electron chi connectivity index (χ4n) is 2.02. The summed E-state index contributed by atoms with van der Waals surface area (Å²) in [6.45, 7) is 15.6. The zero-order valence-corrected chi connectivity index (χ0v) is 14.0. The summed E-state index contributed by atoms with van der Waals surface area (Å²) in [6.07, 6.45) is 11.2. The van der Waals surface area contributed by atoms with Crippen molar-refractivity contribution in [2.45, 2.75) is 59.4 Å². The van der Waals surface area contributed by atoms with Gasteiger partial charge in [0.25, 0.3) is 0 Å². The number of rotatable bonds is 12. The van der Waals surface area contributed by atoms with Crippen LogP contribution in [0.25, 0.3) is 0 Å². The van der Waals surface area contributed by atoms with E-state index in [0.717, 1.165) is 19.6 Å². The topological polar surface area (TPSA) is 24.1 Å². The molecular formula is C18H34N2. The number of hydrogen-bond donors (Lipinski definition) is 2. The summed E-state index contributed by atoms with van der Waals surface area (Å²) in [5.41, 5.74) is 2.56. The van der Waals surface area contributed by atoms with E-state index in [9.17, 15) is 0 Å². The van der Waals surface area contributed by atoms with E-state index in [1.807, 2.05) is 6.08 Å². The molecule has 2 heteroatoms. The summed E-state index contributed by atoms with van der Waals surface area (Å²) in [7, 11) is 0. The van der Waals surface area contributed by atoms with Crippen molar-refractivity contribution in [3.8, 4) is 0 Å². The first-order valence-corrected chi connectivity index (χ1v) is 8.04. The molecule has 1 atom stereocenters. The normalized spacial score (nSPS) is 13.1. The van der Waals surface area contributed by atoms with Gasteiger partial charge in [0.1, 0.15) is 0 Å². The molecule has 0 saturated heterocycles. The van der Waals surface area contributed by atoms with Crippen LogP contribution in [0.3, 0.4) is 0 Å². The Morgan fingerprint density at radius 3 is 2.45 bits per heavy atom. The largest absolute Gasteiger partial charge is 0.314 e. The molecule has 0 bridgehead atoms. The molecule has 20 heavy (non-hydrogen) atoms. The van der Waals surface area contributed by atoms with Gasteiger partial charge in [-0.1, -0.05) is 50.6 Å². The second-order valence-corrected chi connectivity index (χ2v) is 5.57. The Kier molecular flexibility index (Phi) is 12.6. The van der Waals surface area contributed by atoms with Crippen LogP contribution >= 0.6 is 0 Å². The summed E-state index contributed by atoms with van der Waals surface area (Å²) in [5.74, 6) is 0. The van der Waals surface area contributed by atoms with Gasteiger partial charge in [0, 0.05) is 12.6 Å². The van der Waals surface area contributed by atoms with E-state index >= 15 is 0 Å². The summed E-state index contributed by atoms with van der Waals surface area (Å²) in [5, 5.41) is 7.10. The molecule has 0 fully saturated rings. The Morgan fingerprint density at radius 1 is 1.15 bits per heavy atom. The van der Waals surface area contributed by atoms with Crippen molar-refractivity contribution in [1.82, 2.24) is 10.6 Å². The van der Waals surface area contributed by atoms with E-state index in [0.29, 0.717) is 6.04 Å². The average molecular weight is 278 g/mol. The Morgan fingerprint density at radius 2 is 1.90 bits per heavy atom. The highest BCUT2D eigenvalue weighted by Gasteiger charge is 2.02. The SMILES string of the molecule is C=C/C(=C\C=C(C)C)CNCCCNC(CC)CCC. The van der Waals surface area contributed by atoms with Gasteiger partial charge < -0.3 is 10.6 Å². The third-order valence-corrected chi connectivity index (χ3v) is 3.32. The minimum absolute atomic E-state index is 0.696. The molecule has 0 spiro atoms. The van der Waals surface area contributed by atoms with Crippen LogP contribution in [0.2, 0.25) is 0 Å². The summed E-state index contributed by atoms with van der Waals surface area (Å²) in [6, 6.07) is 0.696. The molecule has 0 aromatic heterocycles. The summed E-state index contributed by atoms with van der Waals surface area (Å²) in [4.78, 5) is 0. The highest BCUT2D eigenvalue weighted by Crippen LogP contribution is 2.00.